The summed E-state index contributed by atoms with van der Waals surface area (Å²) in [5.41, 5.74) is 3.45. The molecule has 9 saturated heterocycles. The molecular formula is C82H121N5O50. The molecule has 9 fully saturated rings. The molecule has 1 aliphatic carbocycles. The highest BCUT2D eigenvalue weighted by Gasteiger charge is 2.62. The van der Waals surface area contributed by atoms with Crippen LogP contribution < -0.4 is 26.6 Å². The van der Waals surface area contributed by atoms with Crippen LogP contribution in [0.3, 0.4) is 0 Å². The number of benzene rings is 2. The quantitative estimate of drug-likeness (QED) is 0.0299. The fourth-order valence-corrected chi connectivity index (χ4v) is 18.3. The van der Waals surface area contributed by atoms with Gasteiger partial charge in [-0.3, -0.25) is 24.0 Å². The zero-order valence-electron chi connectivity index (χ0n) is 73.6. The van der Waals surface area contributed by atoms with Gasteiger partial charge in [-0.15, -0.1) is 0 Å². The van der Waals surface area contributed by atoms with Crippen LogP contribution in [-0.4, -0.2) is 517 Å². The van der Waals surface area contributed by atoms with E-state index in [-0.39, 0.29) is 6.61 Å². The first-order valence-electron chi connectivity index (χ1n) is 43.9. The van der Waals surface area contributed by atoms with E-state index in [0.29, 0.717) is 0 Å². The highest BCUT2D eigenvalue weighted by Crippen LogP contribution is 2.46. The standard InChI is InChI=1S/C82H121N5O50/c1-25(96)83-46-36(14-29(100)13-35(73(117)118)87-82(119)121-23-34-32-11-7-5-9-30(32)31-10-6-8-12-33(31)34)122-41(19-92)66(55(46)106)131-74-47(84-26(2)97)56(107)69(44(22-95)127-74)134-79-65(116)70(135-81-72(62(113)53(104)40(18-91)126-81)137-76-49(86-28(4)99)58(109)68(43(21-94)129-76)133-78-64(115)60(111)51(102)38(16-89)124-78)54(105)45(130-79)24-120-80-71(61(112)52(103)39(17-90)125-80)136-75-48(85-27(3)98)57(108)67(42(20-93)128-75)132-77-63(114)59(110)50(101)37(15-88)123-77/h5-12,34-72,74-81,88-95,101-116H,13-24H2,1-4H3,(H,83,96)(H,84,97)(H,85,98)(H,86,99)(H,87,119)(H,117,118)/t35?,36-,37?,38?,39?,40?,41?,42-,43?,44?,45?,46?,47?,48?,49?,50-,51?,52+,53+,54+,55+,56+,57?,58+,59-,60-,61-,62?,63?,64?,65?,66+,67+,68+,69+,70-,71?,72?,74-,75-,76-,77-,78-,79-,80-,81+/m0/s1. The second kappa shape index (κ2) is 48.0. The van der Waals surface area contributed by atoms with Crippen LogP contribution in [0, 0.1) is 0 Å². The molecular weight excluding hydrogens is 1850 g/mol. The number of Topliss-reactive ketones (excluding diaryl/α,β-unsaturated/α-hetero) is 1. The van der Waals surface area contributed by atoms with E-state index >= 15 is 0 Å². The Balaban J connectivity index is 0.821. The molecule has 0 spiro atoms. The summed E-state index contributed by atoms with van der Waals surface area (Å²) in [6.45, 7) is -6.79. The van der Waals surface area contributed by atoms with Crippen LogP contribution in [0.1, 0.15) is 57.6 Å². The van der Waals surface area contributed by atoms with E-state index in [4.69, 9.17) is 85.3 Å². The van der Waals surface area contributed by atoms with E-state index < -0.39 is 402 Å². The van der Waals surface area contributed by atoms with Crippen molar-refractivity contribution in [1.82, 2.24) is 26.6 Å². The van der Waals surface area contributed by atoms with Crippen molar-refractivity contribution >= 4 is 41.5 Å². The highest BCUT2D eigenvalue weighted by atomic mass is 16.8. The van der Waals surface area contributed by atoms with Crippen LogP contribution in [0.2, 0.25) is 0 Å². The lowest BCUT2D eigenvalue weighted by Crippen LogP contribution is -2.71. The average Bonchev–Trinajstić information content (AvgIpc) is 1.74. The van der Waals surface area contributed by atoms with E-state index in [9.17, 15) is 161 Å². The monoisotopic (exact) mass is 1980 g/mol. The largest absolute Gasteiger partial charge is 0.480 e. The molecule has 46 atom stereocenters. The van der Waals surface area contributed by atoms with Crippen molar-refractivity contribution in [2.45, 2.75) is 328 Å². The SMILES string of the molecule is CC(=O)NC1C(O)[C@H](O[C@@H]2OC(CO)[C@H](O)[C@H](O)C2O)[C@H](CO)O[C@H]1OC1[C@@H](OCC2O[C@@H](O[C@@H]3C(CO)O[C@@H](O[C@@H]4C(CO)O[C@@H](CC(=O)CC(NC(=O)OCC5c6ccccc6-c6ccccc65)C(=O)O)C(NC(C)=O)[C@H]4O)C(NC(C)=O)[C@H]3O)C(O)[C@@H](O[C@H]3OC(CO)[C@@H](O)C(O)C3O[C@@H]3OC(CO)[C@@H](O[C@@H]4OC(CO)C(O)[C@H](O)C4O)[C@H](O)C3NC(C)=O)[C@@H]2O)OC(CO)[C@@H](O)[C@@H]1O. The predicted octanol–water partition coefficient (Wildman–Crippen LogP) is -16.7. The first kappa shape index (κ1) is 109. The van der Waals surface area contributed by atoms with Crippen molar-refractivity contribution in [1.29, 1.82) is 0 Å². The van der Waals surface area contributed by atoms with Gasteiger partial charge in [-0.05, 0) is 22.3 Å². The predicted molar refractivity (Wildman–Crippen MR) is 435 cm³/mol. The maximum absolute atomic E-state index is 14.0. The lowest BCUT2D eigenvalue weighted by atomic mass is 9.88. The number of rotatable bonds is 37. The lowest BCUT2D eigenvalue weighted by Gasteiger charge is -2.51. The van der Waals surface area contributed by atoms with Gasteiger partial charge < -0.3 is 240 Å². The number of aliphatic hydroxyl groups is 24. The molecule has 10 aliphatic rings. The van der Waals surface area contributed by atoms with Crippen LogP contribution in [0.4, 0.5) is 4.79 Å². The molecule has 55 heteroatoms. The van der Waals surface area contributed by atoms with Crippen molar-refractivity contribution in [3.63, 3.8) is 0 Å². The number of hydrogen-bond acceptors (Lipinski definition) is 49. The van der Waals surface area contributed by atoms with E-state index in [1.54, 1.807) is 12.1 Å². The number of carboxylic acids is 1. The smallest absolute Gasteiger partial charge is 0.407 e. The molecule has 2 aromatic carbocycles. The summed E-state index contributed by atoms with van der Waals surface area (Å²) in [5.74, 6) is -6.92. The van der Waals surface area contributed by atoms with Gasteiger partial charge in [0, 0.05) is 46.5 Å². The van der Waals surface area contributed by atoms with Gasteiger partial charge in [-0.1, -0.05) is 48.5 Å². The summed E-state index contributed by atoms with van der Waals surface area (Å²) in [5, 5.41) is 293. The van der Waals surface area contributed by atoms with Gasteiger partial charge >= 0.3 is 12.1 Å². The number of aliphatic hydroxyl groups excluding tert-OH is 24. The molecule has 0 bridgehead atoms. The minimum atomic E-state index is -2.65. The van der Waals surface area contributed by atoms with E-state index in [0.717, 1.165) is 49.9 Å². The Labute approximate surface area is 777 Å². The summed E-state index contributed by atoms with van der Waals surface area (Å²) in [6.07, 6.45) is -90.2. The van der Waals surface area contributed by atoms with Gasteiger partial charge in [0.15, 0.2) is 50.3 Å². The number of nitrogens with one attached hydrogen (secondary N) is 5. The Bertz CT molecular complexity index is 4250. The molecule has 774 valence electrons. The number of ether oxygens (including phenoxy) is 18. The first-order valence-corrected chi connectivity index (χ1v) is 43.9. The number of fused-ring (bicyclic) bond motifs is 3. The normalized spacial score (nSPS) is 42.6. The van der Waals surface area contributed by atoms with E-state index in [2.05, 4.69) is 26.6 Å². The molecule has 21 unspecified atom stereocenters. The van der Waals surface area contributed by atoms with Crippen LogP contribution in [0.15, 0.2) is 48.5 Å². The fraction of sp³-hybridized carbons (Fsp3) is 0.768. The van der Waals surface area contributed by atoms with Gasteiger partial charge in [0.25, 0.3) is 0 Å². The molecule has 0 aromatic heterocycles. The Morgan fingerprint density at radius 1 is 0.307 bits per heavy atom. The summed E-state index contributed by atoms with van der Waals surface area (Å²) >= 11 is 0. The van der Waals surface area contributed by atoms with Gasteiger partial charge in [-0.25, -0.2) is 9.59 Å². The molecule has 9 aliphatic heterocycles. The number of carbonyl (C=O) groups is 7. The van der Waals surface area contributed by atoms with Crippen LogP contribution in [-0.2, 0) is 114 Å². The number of hydrogen-bond donors (Lipinski definition) is 30. The topological polar surface area (TPSA) is 852 Å². The number of alkyl carbamates (subject to hydrolysis) is 1. The van der Waals surface area contributed by atoms with Crippen molar-refractivity contribution in [3.05, 3.63) is 59.7 Å². The minimum Gasteiger partial charge on any atom is -0.480 e. The molecule has 55 nitrogen and oxygen atoms in total. The Hall–Kier alpha value is -6.91. The number of ketones is 1. The molecule has 5 amide bonds. The Kier molecular flexibility index (Phi) is 38.1. The molecule has 30 N–H and O–H groups in total. The minimum absolute atomic E-state index is 0.246. The Morgan fingerprint density at radius 2 is 0.620 bits per heavy atom. The summed E-state index contributed by atoms with van der Waals surface area (Å²) < 4.78 is 108. The highest BCUT2D eigenvalue weighted by molar-refractivity contribution is 5.88. The molecule has 2 aromatic rings. The second-order valence-electron chi connectivity index (χ2n) is 34.6. The van der Waals surface area contributed by atoms with Crippen LogP contribution >= 0.6 is 0 Å². The first-order chi connectivity index (χ1) is 65.1. The number of aliphatic carboxylic acids is 1. The molecule has 0 saturated carbocycles. The van der Waals surface area contributed by atoms with Gasteiger partial charge in [0.05, 0.1) is 71.6 Å². The van der Waals surface area contributed by atoms with Crippen molar-refractivity contribution in [3.8, 4) is 11.1 Å². The summed E-state index contributed by atoms with van der Waals surface area (Å²) in [7, 11) is 0. The van der Waals surface area contributed by atoms with Crippen molar-refractivity contribution in [2.75, 3.05) is 66.1 Å². The van der Waals surface area contributed by atoms with Gasteiger partial charge in [-0.2, -0.15) is 0 Å². The van der Waals surface area contributed by atoms with Crippen LogP contribution in [0.5, 0.6) is 0 Å². The van der Waals surface area contributed by atoms with Crippen molar-refractivity contribution in [2.24, 2.45) is 0 Å². The third-order valence-electron chi connectivity index (χ3n) is 25.3. The van der Waals surface area contributed by atoms with Crippen LogP contribution in [0.25, 0.3) is 11.1 Å². The molecule has 0 radical (unpaired) electrons. The molecule has 137 heavy (non-hydrogen) atoms. The molecule has 9 heterocycles. The fourth-order valence-electron chi connectivity index (χ4n) is 18.3. The van der Waals surface area contributed by atoms with Crippen molar-refractivity contribution < 1.29 is 246 Å². The van der Waals surface area contributed by atoms with E-state index in [1.165, 1.54) is 0 Å². The summed E-state index contributed by atoms with van der Waals surface area (Å²) in [6, 6.07) is 5.08. The maximum Gasteiger partial charge on any atom is 0.407 e. The number of carbonyl (C=O) groups excluding carboxylic acids is 6. The molecule has 12 rings (SSSR count). The van der Waals surface area contributed by atoms with Gasteiger partial charge in [0.2, 0.25) is 23.6 Å². The number of carboxylic acid groups (broad SMARTS) is 1. The lowest BCUT2D eigenvalue weighted by molar-refractivity contribution is -0.398. The maximum atomic E-state index is 14.0. The Morgan fingerprint density at radius 3 is 1.01 bits per heavy atom. The third-order valence-corrected chi connectivity index (χ3v) is 25.3. The number of amides is 5. The van der Waals surface area contributed by atoms with E-state index in [1.807, 2.05) is 36.4 Å². The average molecular weight is 1980 g/mol. The zero-order chi connectivity index (χ0) is 99.9. The third kappa shape index (κ3) is 24.3. The second-order valence-corrected chi connectivity index (χ2v) is 34.6. The zero-order valence-corrected chi connectivity index (χ0v) is 73.6. The van der Waals surface area contributed by atoms with Gasteiger partial charge in [0.1, 0.15) is 232 Å². The summed E-state index contributed by atoms with van der Waals surface area (Å²) in [4.78, 5) is 92.4.